The molecule has 0 N–H and O–H groups in total. The summed E-state index contributed by atoms with van der Waals surface area (Å²) < 4.78 is 14.0. The number of hydrogen-bond donors (Lipinski definition) is 0. The molecule has 4 heterocycles. The molecule has 142 valence electrons. The molecule has 0 radical (unpaired) electrons. The molecule has 1 atom stereocenters. The Balaban J connectivity index is 1.42. The zero-order chi connectivity index (χ0) is 18.8. The van der Waals surface area contributed by atoms with Crippen LogP contribution in [0.4, 0.5) is 10.2 Å². The van der Waals surface area contributed by atoms with Crippen LogP contribution in [-0.2, 0) is 9.63 Å². The van der Waals surface area contributed by atoms with Crippen LogP contribution in [0.5, 0.6) is 0 Å². The first-order valence-corrected chi connectivity index (χ1v) is 9.16. The lowest BCUT2D eigenvalue weighted by Crippen LogP contribution is -2.42. The van der Waals surface area contributed by atoms with E-state index in [1.807, 2.05) is 0 Å². The van der Waals surface area contributed by atoms with E-state index in [0.29, 0.717) is 39.0 Å². The van der Waals surface area contributed by atoms with Gasteiger partial charge in [0.1, 0.15) is 6.04 Å². The molecular formula is C17H18ClFN6O2. The van der Waals surface area contributed by atoms with Crippen molar-refractivity contribution in [3.8, 4) is 0 Å². The number of hydrogen-bond acceptors (Lipinski definition) is 7. The minimum absolute atomic E-state index is 0.00174. The van der Waals surface area contributed by atoms with E-state index in [9.17, 15) is 9.18 Å². The van der Waals surface area contributed by atoms with Gasteiger partial charge in [0.05, 0.1) is 24.7 Å². The monoisotopic (exact) mass is 392 g/mol. The van der Waals surface area contributed by atoms with Crippen molar-refractivity contribution in [3.05, 3.63) is 41.6 Å². The second-order valence-electron chi connectivity index (χ2n) is 6.50. The molecule has 2 saturated heterocycles. The molecule has 2 fully saturated rings. The second-order valence-corrected chi connectivity index (χ2v) is 6.84. The molecule has 2 aromatic rings. The summed E-state index contributed by atoms with van der Waals surface area (Å²) in [4.78, 5) is 36.3. The number of anilines is 1. The lowest BCUT2D eigenvalue weighted by atomic mass is 9.95. The van der Waals surface area contributed by atoms with Gasteiger partial charge in [0, 0.05) is 37.8 Å². The van der Waals surface area contributed by atoms with Gasteiger partial charge in [-0.05, 0) is 24.4 Å². The maximum atomic E-state index is 14.0. The van der Waals surface area contributed by atoms with Gasteiger partial charge in [0.15, 0.2) is 11.6 Å². The summed E-state index contributed by atoms with van der Waals surface area (Å²) in [6, 6.07) is -0.220. The summed E-state index contributed by atoms with van der Waals surface area (Å²) in [6.45, 7) is 1.48. The zero-order valence-corrected chi connectivity index (χ0v) is 15.2. The quantitative estimate of drug-likeness (QED) is 0.740. The van der Waals surface area contributed by atoms with Crippen LogP contribution >= 0.6 is 11.6 Å². The Morgan fingerprint density at radius 3 is 2.74 bits per heavy atom. The number of amides is 1. The maximum Gasteiger partial charge on any atom is 0.250 e. The summed E-state index contributed by atoms with van der Waals surface area (Å²) >= 11 is 5.77. The van der Waals surface area contributed by atoms with Gasteiger partial charge in [-0.1, -0.05) is 0 Å². The number of piperidine rings is 1. The number of carbonyl (C=O) groups is 1. The Labute approximate surface area is 160 Å². The first kappa shape index (κ1) is 18.0. The second kappa shape index (κ2) is 7.69. The molecule has 2 aromatic heterocycles. The molecule has 0 aromatic carbocycles. The van der Waals surface area contributed by atoms with Crippen LogP contribution in [0.15, 0.2) is 24.8 Å². The van der Waals surface area contributed by atoms with E-state index in [1.54, 1.807) is 23.5 Å². The van der Waals surface area contributed by atoms with Crippen molar-refractivity contribution in [1.82, 2.24) is 25.0 Å². The van der Waals surface area contributed by atoms with Crippen LogP contribution in [0, 0.1) is 11.7 Å². The summed E-state index contributed by atoms with van der Waals surface area (Å²) in [7, 11) is 0. The van der Waals surface area contributed by atoms with Crippen molar-refractivity contribution in [3.63, 3.8) is 0 Å². The number of rotatable bonds is 3. The molecule has 2 aliphatic heterocycles. The number of halogens is 2. The molecule has 0 unspecified atom stereocenters. The third kappa shape index (κ3) is 3.70. The fourth-order valence-corrected chi connectivity index (χ4v) is 3.64. The Morgan fingerprint density at radius 1 is 1.19 bits per heavy atom. The molecule has 4 rings (SSSR count). The van der Waals surface area contributed by atoms with Crippen LogP contribution in [-0.4, -0.2) is 50.6 Å². The van der Waals surface area contributed by atoms with Gasteiger partial charge >= 0.3 is 0 Å². The number of aromatic nitrogens is 4. The van der Waals surface area contributed by atoms with Crippen LogP contribution in [0.3, 0.4) is 0 Å². The minimum atomic E-state index is -0.519. The maximum absolute atomic E-state index is 14.0. The van der Waals surface area contributed by atoms with E-state index in [2.05, 4.69) is 19.9 Å². The standard InChI is InChI=1S/C17H18ClFN6O2/c18-17-22-9-12(19)15(23-17)24-6-1-11(2-7-24)16(26)25-14(3-8-27-25)13-10-20-4-5-21-13/h4-5,9-11,14H,1-3,6-8H2/t14-/m0/s1. The topological polar surface area (TPSA) is 84.3 Å². The first-order chi connectivity index (χ1) is 13.1. The van der Waals surface area contributed by atoms with Crippen LogP contribution in [0.25, 0.3) is 0 Å². The molecule has 0 bridgehead atoms. The van der Waals surface area contributed by atoms with Crippen molar-refractivity contribution in [2.45, 2.75) is 25.3 Å². The van der Waals surface area contributed by atoms with E-state index in [4.69, 9.17) is 16.4 Å². The first-order valence-electron chi connectivity index (χ1n) is 8.78. The van der Waals surface area contributed by atoms with E-state index in [1.165, 1.54) is 5.06 Å². The van der Waals surface area contributed by atoms with E-state index >= 15 is 0 Å². The van der Waals surface area contributed by atoms with Crippen LogP contribution in [0.2, 0.25) is 5.28 Å². The number of carbonyl (C=O) groups excluding carboxylic acids is 1. The fraction of sp³-hybridized carbons (Fsp3) is 0.471. The van der Waals surface area contributed by atoms with E-state index in [-0.39, 0.29) is 29.0 Å². The number of nitrogens with zero attached hydrogens (tertiary/aromatic N) is 6. The zero-order valence-electron chi connectivity index (χ0n) is 14.5. The highest BCUT2D eigenvalue weighted by Crippen LogP contribution is 2.33. The van der Waals surface area contributed by atoms with Gasteiger partial charge in [-0.3, -0.25) is 19.6 Å². The van der Waals surface area contributed by atoms with Crippen LogP contribution in [0.1, 0.15) is 31.0 Å². The van der Waals surface area contributed by atoms with Gasteiger partial charge in [0.2, 0.25) is 11.2 Å². The fourth-order valence-electron chi connectivity index (χ4n) is 3.52. The molecular weight excluding hydrogens is 375 g/mol. The van der Waals surface area contributed by atoms with Gasteiger partial charge in [-0.25, -0.2) is 14.4 Å². The lowest BCUT2D eigenvalue weighted by Gasteiger charge is -2.34. The van der Waals surface area contributed by atoms with Gasteiger partial charge < -0.3 is 4.90 Å². The van der Waals surface area contributed by atoms with Crippen molar-refractivity contribution in [2.24, 2.45) is 5.92 Å². The molecule has 0 aliphatic carbocycles. The van der Waals surface area contributed by atoms with Crippen molar-refractivity contribution in [2.75, 3.05) is 24.6 Å². The van der Waals surface area contributed by atoms with E-state index < -0.39 is 5.82 Å². The van der Waals surface area contributed by atoms with Crippen LogP contribution < -0.4 is 4.90 Å². The third-order valence-corrected chi connectivity index (χ3v) is 5.07. The predicted octanol–water partition coefficient (Wildman–Crippen LogP) is 2.18. The molecule has 0 spiro atoms. The highest BCUT2D eigenvalue weighted by atomic mass is 35.5. The highest BCUT2D eigenvalue weighted by Gasteiger charge is 2.38. The smallest absolute Gasteiger partial charge is 0.250 e. The molecule has 8 nitrogen and oxygen atoms in total. The largest absolute Gasteiger partial charge is 0.354 e. The lowest BCUT2D eigenvalue weighted by molar-refractivity contribution is -0.182. The van der Waals surface area contributed by atoms with Gasteiger partial charge in [-0.15, -0.1) is 0 Å². The highest BCUT2D eigenvalue weighted by molar-refractivity contribution is 6.28. The van der Waals surface area contributed by atoms with Crippen molar-refractivity contribution in [1.29, 1.82) is 0 Å². The Morgan fingerprint density at radius 2 is 2.00 bits per heavy atom. The average molecular weight is 393 g/mol. The molecule has 27 heavy (non-hydrogen) atoms. The normalized spacial score (nSPS) is 20.9. The summed E-state index contributed by atoms with van der Waals surface area (Å²) in [5.74, 6) is -0.603. The van der Waals surface area contributed by atoms with Gasteiger partial charge in [0.25, 0.3) is 0 Å². The average Bonchev–Trinajstić information content (AvgIpc) is 3.20. The Bertz CT molecular complexity index is 818. The molecule has 10 heteroatoms. The Kier molecular flexibility index (Phi) is 5.13. The third-order valence-electron chi connectivity index (χ3n) is 4.89. The van der Waals surface area contributed by atoms with Gasteiger partial charge in [-0.2, -0.15) is 4.98 Å². The van der Waals surface area contributed by atoms with E-state index in [0.717, 1.165) is 11.9 Å². The summed E-state index contributed by atoms with van der Waals surface area (Å²) in [5.41, 5.74) is 0.721. The number of hydroxylamine groups is 2. The summed E-state index contributed by atoms with van der Waals surface area (Å²) in [5, 5.41) is 1.44. The minimum Gasteiger partial charge on any atom is -0.354 e. The van der Waals surface area contributed by atoms with Crippen molar-refractivity contribution < 1.29 is 14.0 Å². The Hall–Kier alpha value is -2.39. The predicted molar refractivity (Wildman–Crippen MR) is 94.1 cm³/mol. The molecule has 2 aliphatic rings. The van der Waals surface area contributed by atoms with Crippen molar-refractivity contribution >= 4 is 23.3 Å². The summed E-state index contributed by atoms with van der Waals surface area (Å²) in [6.07, 6.45) is 7.76. The molecule has 0 saturated carbocycles. The SMILES string of the molecule is O=C(C1CCN(c2nc(Cl)ncc2F)CC1)N1OCC[C@H]1c1cnccn1. The molecule has 1 amide bonds.